The molecular formula is C11H10ClFO5. The molecule has 1 N–H and O–H groups in total. The van der Waals surface area contributed by atoms with E-state index in [-0.39, 0.29) is 12.4 Å². The number of ether oxygens (including phenoxy) is 2. The molecule has 1 rings (SSSR count). The molecule has 0 aromatic heterocycles. The fraction of sp³-hybridized carbons (Fsp3) is 0.273. The smallest absolute Gasteiger partial charge is 0.379 e. The predicted octanol–water partition coefficient (Wildman–Crippen LogP) is 1.94. The summed E-state index contributed by atoms with van der Waals surface area (Å²) in [6, 6.07) is 0.994. The third kappa shape index (κ3) is 2.53. The number of phenols is 1. The van der Waals surface area contributed by atoms with Crippen molar-refractivity contribution >= 4 is 23.4 Å². The van der Waals surface area contributed by atoms with E-state index in [4.69, 9.17) is 16.3 Å². The average molecular weight is 277 g/mol. The number of halogens is 2. The van der Waals surface area contributed by atoms with E-state index in [2.05, 4.69) is 4.74 Å². The number of carbonyl (C=O) groups excluding carboxylic acids is 2. The number of hydrogen-bond acceptors (Lipinski definition) is 5. The first-order chi connectivity index (χ1) is 8.43. The summed E-state index contributed by atoms with van der Waals surface area (Å²) in [5.74, 6) is -4.82. The quantitative estimate of drug-likeness (QED) is 0.517. The molecule has 1 aromatic carbocycles. The Labute approximate surface area is 107 Å². The molecule has 0 saturated heterocycles. The third-order valence-electron chi connectivity index (χ3n) is 2.06. The fourth-order valence-corrected chi connectivity index (χ4v) is 1.45. The Morgan fingerprint density at radius 1 is 1.50 bits per heavy atom. The molecule has 5 nitrogen and oxygen atoms in total. The Kier molecular flexibility index (Phi) is 4.49. The van der Waals surface area contributed by atoms with Crippen molar-refractivity contribution in [1.82, 2.24) is 0 Å². The molecule has 18 heavy (non-hydrogen) atoms. The van der Waals surface area contributed by atoms with Crippen molar-refractivity contribution in [3.05, 3.63) is 22.5 Å². The molecule has 0 spiro atoms. The zero-order chi connectivity index (χ0) is 13.9. The molecule has 0 atom stereocenters. The second-order valence-corrected chi connectivity index (χ2v) is 3.56. The maximum atomic E-state index is 13.7. The summed E-state index contributed by atoms with van der Waals surface area (Å²) in [5, 5.41) is 9.18. The van der Waals surface area contributed by atoms with Crippen LogP contribution in [-0.2, 0) is 9.53 Å². The van der Waals surface area contributed by atoms with E-state index in [0.717, 1.165) is 6.07 Å². The molecule has 0 amide bonds. The van der Waals surface area contributed by atoms with Crippen LogP contribution in [-0.4, -0.2) is 30.6 Å². The van der Waals surface area contributed by atoms with Gasteiger partial charge in [0.05, 0.1) is 18.7 Å². The number of carbonyl (C=O) groups is 2. The van der Waals surface area contributed by atoms with Gasteiger partial charge in [-0.1, -0.05) is 11.6 Å². The summed E-state index contributed by atoms with van der Waals surface area (Å²) >= 11 is 5.53. The lowest BCUT2D eigenvalue weighted by atomic mass is 10.1. The summed E-state index contributed by atoms with van der Waals surface area (Å²) in [6.07, 6.45) is 0. The van der Waals surface area contributed by atoms with Crippen LogP contribution in [0.5, 0.6) is 11.5 Å². The van der Waals surface area contributed by atoms with Gasteiger partial charge in [-0.15, -0.1) is 0 Å². The minimum absolute atomic E-state index is 0.0509. The third-order valence-corrected chi connectivity index (χ3v) is 2.34. The molecule has 0 saturated carbocycles. The van der Waals surface area contributed by atoms with Gasteiger partial charge in [0.25, 0.3) is 5.78 Å². The Bertz CT molecular complexity index is 501. The molecule has 0 aliphatic rings. The van der Waals surface area contributed by atoms with Crippen molar-refractivity contribution in [2.24, 2.45) is 0 Å². The molecule has 7 heteroatoms. The number of esters is 1. The second-order valence-electron chi connectivity index (χ2n) is 3.15. The van der Waals surface area contributed by atoms with Crippen LogP contribution in [0.3, 0.4) is 0 Å². The van der Waals surface area contributed by atoms with Gasteiger partial charge >= 0.3 is 5.97 Å². The molecule has 0 heterocycles. The summed E-state index contributed by atoms with van der Waals surface area (Å²) in [6.45, 7) is 1.44. The van der Waals surface area contributed by atoms with Crippen molar-refractivity contribution in [3.8, 4) is 11.5 Å². The van der Waals surface area contributed by atoms with Gasteiger partial charge in [-0.25, -0.2) is 9.18 Å². The molecule has 0 radical (unpaired) electrons. The summed E-state index contributed by atoms with van der Waals surface area (Å²) in [5.41, 5.74) is -0.863. The van der Waals surface area contributed by atoms with Gasteiger partial charge < -0.3 is 14.6 Å². The Hall–Kier alpha value is -1.82. The lowest BCUT2D eigenvalue weighted by Crippen LogP contribution is -2.19. The zero-order valence-electron chi connectivity index (χ0n) is 9.62. The van der Waals surface area contributed by atoms with Crippen LogP contribution in [0.1, 0.15) is 17.3 Å². The SMILES string of the molecule is CCOC(=O)C(=O)c1c(O)c(OC)cc(Cl)c1F. The van der Waals surface area contributed by atoms with Gasteiger partial charge in [-0.05, 0) is 6.92 Å². The van der Waals surface area contributed by atoms with Crippen LogP contribution in [0.2, 0.25) is 5.02 Å². The van der Waals surface area contributed by atoms with Gasteiger partial charge in [-0.2, -0.15) is 0 Å². The van der Waals surface area contributed by atoms with Crippen LogP contribution in [0.4, 0.5) is 4.39 Å². The molecule has 1 aromatic rings. The number of rotatable bonds is 4. The normalized spacial score (nSPS) is 10.0. The highest BCUT2D eigenvalue weighted by Crippen LogP contribution is 2.36. The number of hydrogen-bond donors (Lipinski definition) is 1. The number of Topliss-reactive ketones (excluding diaryl/α,β-unsaturated/α-hetero) is 1. The number of methoxy groups -OCH3 is 1. The Balaban J connectivity index is 3.35. The van der Waals surface area contributed by atoms with Gasteiger partial charge in [-0.3, -0.25) is 4.79 Å². The Morgan fingerprint density at radius 2 is 2.11 bits per heavy atom. The number of benzene rings is 1. The van der Waals surface area contributed by atoms with E-state index in [9.17, 15) is 19.1 Å². The van der Waals surface area contributed by atoms with E-state index in [0.29, 0.717) is 0 Å². The van der Waals surface area contributed by atoms with Gasteiger partial charge in [0.1, 0.15) is 5.56 Å². The summed E-state index contributed by atoms with van der Waals surface area (Å²) in [7, 11) is 1.20. The molecule has 0 aliphatic carbocycles. The molecule has 0 aliphatic heterocycles. The predicted molar refractivity (Wildman–Crippen MR) is 60.6 cm³/mol. The first kappa shape index (κ1) is 14.2. The summed E-state index contributed by atoms with van der Waals surface area (Å²) in [4.78, 5) is 22.8. The van der Waals surface area contributed by atoms with Crippen LogP contribution in [0, 0.1) is 5.82 Å². The molecule has 0 bridgehead atoms. The van der Waals surface area contributed by atoms with Crippen LogP contribution in [0.15, 0.2) is 6.07 Å². The van der Waals surface area contributed by atoms with Crippen molar-refractivity contribution in [2.45, 2.75) is 6.92 Å². The van der Waals surface area contributed by atoms with Crippen molar-refractivity contribution in [3.63, 3.8) is 0 Å². The van der Waals surface area contributed by atoms with E-state index < -0.39 is 33.9 Å². The van der Waals surface area contributed by atoms with Crippen LogP contribution >= 0.6 is 11.6 Å². The van der Waals surface area contributed by atoms with Crippen molar-refractivity contribution in [1.29, 1.82) is 0 Å². The number of aromatic hydroxyl groups is 1. The first-order valence-electron chi connectivity index (χ1n) is 4.90. The van der Waals surface area contributed by atoms with E-state index in [1.807, 2.05) is 0 Å². The molecule has 0 unspecified atom stereocenters. The van der Waals surface area contributed by atoms with E-state index in [1.54, 1.807) is 0 Å². The van der Waals surface area contributed by atoms with E-state index in [1.165, 1.54) is 14.0 Å². The summed E-state index contributed by atoms with van der Waals surface area (Å²) < 4.78 is 22.8. The van der Waals surface area contributed by atoms with Crippen molar-refractivity contribution < 1.29 is 28.6 Å². The largest absolute Gasteiger partial charge is 0.504 e. The number of ketones is 1. The van der Waals surface area contributed by atoms with E-state index >= 15 is 0 Å². The highest BCUT2D eigenvalue weighted by Gasteiger charge is 2.29. The Morgan fingerprint density at radius 3 is 2.61 bits per heavy atom. The maximum absolute atomic E-state index is 13.7. The maximum Gasteiger partial charge on any atom is 0.379 e. The monoisotopic (exact) mass is 276 g/mol. The topological polar surface area (TPSA) is 72.8 Å². The molecule has 98 valence electrons. The highest BCUT2D eigenvalue weighted by molar-refractivity contribution is 6.42. The molecular weight excluding hydrogens is 267 g/mol. The molecule has 0 fully saturated rings. The van der Waals surface area contributed by atoms with Gasteiger partial charge in [0, 0.05) is 6.07 Å². The zero-order valence-corrected chi connectivity index (χ0v) is 10.4. The average Bonchev–Trinajstić information content (AvgIpc) is 2.34. The van der Waals surface area contributed by atoms with Crippen molar-refractivity contribution in [2.75, 3.05) is 13.7 Å². The standard InChI is InChI=1S/C11H10ClFO5/c1-3-18-11(16)10(15)7-8(13)5(12)4-6(17-2)9(7)14/h4,14H,3H2,1-2H3. The number of phenolic OH excluding ortho intramolecular Hbond substituents is 1. The van der Waals surface area contributed by atoms with Gasteiger partial charge in [0.2, 0.25) is 0 Å². The van der Waals surface area contributed by atoms with Crippen LogP contribution in [0.25, 0.3) is 0 Å². The second kappa shape index (κ2) is 5.68. The van der Waals surface area contributed by atoms with Gasteiger partial charge in [0.15, 0.2) is 17.3 Å². The fourth-order valence-electron chi connectivity index (χ4n) is 1.25. The van der Waals surface area contributed by atoms with Crippen LogP contribution < -0.4 is 4.74 Å². The minimum atomic E-state index is -1.33. The first-order valence-corrected chi connectivity index (χ1v) is 5.28. The lowest BCUT2D eigenvalue weighted by Gasteiger charge is -2.10. The highest BCUT2D eigenvalue weighted by atomic mass is 35.5. The lowest BCUT2D eigenvalue weighted by molar-refractivity contribution is -0.137. The minimum Gasteiger partial charge on any atom is -0.504 e.